The van der Waals surface area contributed by atoms with Gasteiger partial charge in [0.25, 0.3) is 0 Å². The molecule has 1 heterocycles. The second-order valence-corrected chi connectivity index (χ2v) is 6.38. The summed E-state index contributed by atoms with van der Waals surface area (Å²) in [7, 11) is 0. The summed E-state index contributed by atoms with van der Waals surface area (Å²) in [6.07, 6.45) is 3.33. The molecule has 136 valence electrons. The molecule has 4 nitrogen and oxygen atoms in total. The van der Waals surface area contributed by atoms with E-state index < -0.39 is 0 Å². The van der Waals surface area contributed by atoms with Crippen LogP contribution in [0.1, 0.15) is 33.1 Å². The quantitative estimate of drug-likeness (QED) is 0.717. The molecule has 1 aliphatic heterocycles. The SMILES string of the molecule is CCCCN(CCCN1CCN(c2ccccc2)CC1)C(C)=O.Cl. The van der Waals surface area contributed by atoms with Crippen molar-refractivity contribution in [1.82, 2.24) is 9.80 Å². The van der Waals surface area contributed by atoms with E-state index in [1.165, 1.54) is 5.69 Å². The summed E-state index contributed by atoms with van der Waals surface area (Å²) in [6.45, 7) is 11.2. The number of carbonyl (C=O) groups is 1. The van der Waals surface area contributed by atoms with E-state index in [4.69, 9.17) is 0 Å². The van der Waals surface area contributed by atoms with E-state index in [1.54, 1.807) is 6.92 Å². The molecule has 1 aliphatic rings. The molecule has 0 aliphatic carbocycles. The molecular formula is C19H32ClN3O. The molecule has 0 bridgehead atoms. The predicted octanol–water partition coefficient (Wildman–Crippen LogP) is 3.27. The fourth-order valence-corrected chi connectivity index (χ4v) is 3.13. The molecule has 0 radical (unpaired) electrons. The molecule has 0 atom stereocenters. The maximum Gasteiger partial charge on any atom is 0.219 e. The third kappa shape index (κ3) is 6.70. The van der Waals surface area contributed by atoms with Gasteiger partial charge in [0.05, 0.1) is 0 Å². The van der Waals surface area contributed by atoms with Crippen molar-refractivity contribution in [2.45, 2.75) is 33.1 Å². The van der Waals surface area contributed by atoms with E-state index in [0.717, 1.165) is 65.1 Å². The van der Waals surface area contributed by atoms with Gasteiger partial charge < -0.3 is 9.80 Å². The molecule has 0 aromatic heterocycles. The van der Waals surface area contributed by atoms with Crippen LogP contribution in [0.15, 0.2) is 30.3 Å². The van der Waals surface area contributed by atoms with Gasteiger partial charge in [0.1, 0.15) is 0 Å². The lowest BCUT2D eigenvalue weighted by Crippen LogP contribution is -2.47. The van der Waals surface area contributed by atoms with E-state index in [-0.39, 0.29) is 18.3 Å². The Morgan fingerprint density at radius 1 is 1.04 bits per heavy atom. The van der Waals surface area contributed by atoms with Gasteiger partial charge in [-0.1, -0.05) is 31.5 Å². The standard InChI is InChI=1S/C19H31N3O.ClH/c1-3-4-12-21(18(2)23)13-8-11-20-14-16-22(17-15-20)19-9-6-5-7-10-19;/h5-7,9-10H,3-4,8,11-17H2,1-2H3;1H. The molecule has 1 amide bonds. The number of benzene rings is 1. The number of para-hydroxylation sites is 1. The highest BCUT2D eigenvalue weighted by Gasteiger charge is 2.17. The molecule has 1 saturated heterocycles. The van der Waals surface area contributed by atoms with Crippen molar-refractivity contribution >= 4 is 24.0 Å². The molecule has 1 aromatic rings. The predicted molar refractivity (Wildman–Crippen MR) is 104 cm³/mol. The van der Waals surface area contributed by atoms with Gasteiger partial charge in [0.15, 0.2) is 0 Å². The third-order valence-corrected chi connectivity index (χ3v) is 4.62. The van der Waals surface area contributed by atoms with Crippen LogP contribution in [0.4, 0.5) is 5.69 Å². The lowest BCUT2D eigenvalue weighted by molar-refractivity contribution is -0.129. The maximum atomic E-state index is 11.6. The molecule has 0 N–H and O–H groups in total. The number of hydrogen-bond donors (Lipinski definition) is 0. The van der Waals surface area contributed by atoms with Crippen molar-refractivity contribution in [3.8, 4) is 0 Å². The molecule has 1 aromatic carbocycles. The van der Waals surface area contributed by atoms with E-state index in [0.29, 0.717) is 0 Å². The largest absolute Gasteiger partial charge is 0.369 e. The van der Waals surface area contributed by atoms with Crippen LogP contribution in [0, 0.1) is 0 Å². The van der Waals surface area contributed by atoms with Crippen LogP contribution >= 0.6 is 12.4 Å². The average Bonchev–Trinajstić information content (AvgIpc) is 2.59. The lowest BCUT2D eigenvalue weighted by atomic mass is 10.2. The second-order valence-electron chi connectivity index (χ2n) is 6.38. The summed E-state index contributed by atoms with van der Waals surface area (Å²) in [6, 6.07) is 10.7. The van der Waals surface area contributed by atoms with Gasteiger partial charge >= 0.3 is 0 Å². The highest BCUT2D eigenvalue weighted by molar-refractivity contribution is 5.85. The van der Waals surface area contributed by atoms with Crippen molar-refractivity contribution in [1.29, 1.82) is 0 Å². The molecular weight excluding hydrogens is 322 g/mol. The zero-order valence-corrected chi connectivity index (χ0v) is 15.9. The van der Waals surface area contributed by atoms with Crippen LogP contribution in [0.25, 0.3) is 0 Å². The van der Waals surface area contributed by atoms with Gasteiger partial charge in [-0.15, -0.1) is 12.4 Å². The molecule has 1 fully saturated rings. The minimum absolute atomic E-state index is 0. The molecule has 0 unspecified atom stereocenters. The summed E-state index contributed by atoms with van der Waals surface area (Å²) in [5.74, 6) is 0.215. The van der Waals surface area contributed by atoms with E-state index in [2.05, 4.69) is 47.1 Å². The van der Waals surface area contributed by atoms with Gasteiger partial charge in [0.2, 0.25) is 5.91 Å². The number of halogens is 1. The summed E-state index contributed by atoms with van der Waals surface area (Å²) < 4.78 is 0. The molecule has 5 heteroatoms. The van der Waals surface area contributed by atoms with Gasteiger partial charge in [-0.2, -0.15) is 0 Å². The Kier molecular flexibility index (Phi) is 9.80. The minimum atomic E-state index is 0. The number of anilines is 1. The maximum absolute atomic E-state index is 11.6. The minimum Gasteiger partial charge on any atom is -0.369 e. The van der Waals surface area contributed by atoms with Gasteiger partial charge in [-0.3, -0.25) is 9.69 Å². The molecule has 24 heavy (non-hydrogen) atoms. The Labute approximate surface area is 153 Å². The summed E-state index contributed by atoms with van der Waals surface area (Å²) >= 11 is 0. The van der Waals surface area contributed by atoms with Crippen LogP contribution in [-0.4, -0.2) is 61.5 Å². The van der Waals surface area contributed by atoms with E-state index in [1.807, 2.05) is 4.90 Å². The fraction of sp³-hybridized carbons (Fsp3) is 0.632. The Bertz CT molecular complexity index is 461. The smallest absolute Gasteiger partial charge is 0.219 e. The van der Waals surface area contributed by atoms with Crippen LogP contribution < -0.4 is 4.90 Å². The van der Waals surface area contributed by atoms with Gasteiger partial charge in [-0.25, -0.2) is 0 Å². The van der Waals surface area contributed by atoms with Crippen molar-refractivity contribution in [3.63, 3.8) is 0 Å². The fourth-order valence-electron chi connectivity index (χ4n) is 3.13. The topological polar surface area (TPSA) is 26.8 Å². The van der Waals surface area contributed by atoms with Crippen molar-refractivity contribution in [2.75, 3.05) is 50.7 Å². The first-order valence-electron chi connectivity index (χ1n) is 8.98. The van der Waals surface area contributed by atoms with Crippen LogP contribution in [0.3, 0.4) is 0 Å². The Hall–Kier alpha value is -1.26. The number of carbonyl (C=O) groups excluding carboxylic acids is 1. The number of piperazine rings is 1. The van der Waals surface area contributed by atoms with E-state index in [9.17, 15) is 4.79 Å². The second kappa shape index (κ2) is 11.3. The van der Waals surface area contributed by atoms with Crippen molar-refractivity contribution < 1.29 is 4.79 Å². The first-order chi connectivity index (χ1) is 11.2. The summed E-state index contributed by atoms with van der Waals surface area (Å²) in [5, 5.41) is 0. The van der Waals surface area contributed by atoms with Crippen LogP contribution in [0.5, 0.6) is 0 Å². The number of unbranched alkanes of at least 4 members (excludes halogenated alkanes) is 1. The number of nitrogens with zero attached hydrogens (tertiary/aromatic N) is 3. The highest BCUT2D eigenvalue weighted by Crippen LogP contribution is 2.15. The normalized spacial score (nSPS) is 15.0. The number of rotatable bonds is 8. The summed E-state index contributed by atoms with van der Waals surface area (Å²) in [4.78, 5) is 18.6. The Morgan fingerprint density at radius 3 is 2.25 bits per heavy atom. The zero-order chi connectivity index (χ0) is 16.5. The van der Waals surface area contributed by atoms with Crippen LogP contribution in [-0.2, 0) is 4.79 Å². The number of amides is 1. The van der Waals surface area contributed by atoms with Gasteiger partial charge in [-0.05, 0) is 31.5 Å². The Balaban J connectivity index is 0.00000288. The molecule has 0 saturated carbocycles. The average molecular weight is 354 g/mol. The summed E-state index contributed by atoms with van der Waals surface area (Å²) in [5.41, 5.74) is 1.33. The first-order valence-corrected chi connectivity index (χ1v) is 8.98. The molecule has 0 spiro atoms. The monoisotopic (exact) mass is 353 g/mol. The van der Waals surface area contributed by atoms with E-state index >= 15 is 0 Å². The number of hydrogen-bond acceptors (Lipinski definition) is 3. The highest BCUT2D eigenvalue weighted by atomic mass is 35.5. The van der Waals surface area contributed by atoms with Crippen molar-refractivity contribution in [3.05, 3.63) is 30.3 Å². The lowest BCUT2D eigenvalue weighted by Gasteiger charge is -2.36. The first kappa shape index (κ1) is 20.8. The zero-order valence-electron chi connectivity index (χ0n) is 15.1. The van der Waals surface area contributed by atoms with Crippen LogP contribution in [0.2, 0.25) is 0 Å². The Morgan fingerprint density at radius 2 is 1.67 bits per heavy atom. The van der Waals surface area contributed by atoms with Crippen molar-refractivity contribution in [2.24, 2.45) is 0 Å². The third-order valence-electron chi connectivity index (χ3n) is 4.62. The van der Waals surface area contributed by atoms with Gasteiger partial charge in [0, 0.05) is 51.9 Å². The molecule has 2 rings (SSSR count).